The Balaban J connectivity index is 2.14. The first-order valence-corrected chi connectivity index (χ1v) is 5.38. The maximum atomic E-state index is 6.00. The van der Waals surface area contributed by atoms with E-state index in [1.807, 2.05) is 7.05 Å². The van der Waals surface area contributed by atoms with Gasteiger partial charge < -0.3 is 14.6 Å². The summed E-state index contributed by atoms with van der Waals surface area (Å²) in [6.45, 7) is 8.38. The van der Waals surface area contributed by atoms with Crippen LogP contribution in [0.15, 0.2) is 0 Å². The lowest BCUT2D eigenvalue weighted by atomic mass is 9.75. The van der Waals surface area contributed by atoms with Gasteiger partial charge in [0.2, 0.25) is 0 Å². The Morgan fingerprint density at radius 2 is 1.43 bits per heavy atom. The van der Waals surface area contributed by atoms with E-state index in [1.54, 1.807) is 0 Å². The number of rotatable bonds is 2. The third kappa shape index (κ3) is 1.32. The van der Waals surface area contributed by atoms with Gasteiger partial charge in [0.25, 0.3) is 0 Å². The van der Waals surface area contributed by atoms with Crippen molar-refractivity contribution in [3.05, 3.63) is 0 Å². The van der Waals surface area contributed by atoms with Crippen LogP contribution in [0.1, 0.15) is 40.5 Å². The number of nitrogens with one attached hydrogen (secondary N) is 1. The average Bonchev–Trinajstić information content (AvgIpc) is 2.77. The van der Waals surface area contributed by atoms with E-state index in [-0.39, 0.29) is 23.8 Å². The first-order valence-electron chi connectivity index (χ1n) is 5.38. The van der Waals surface area contributed by atoms with Crippen molar-refractivity contribution in [1.82, 2.24) is 5.32 Å². The molecule has 80 valence electrons. The lowest BCUT2D eigenvalue weighted by Crippen LogP contribution is -2.46. The zero-order valence-electron chi connectivity index (χ0n) is 9.81. The Kier molecular flexibility index (Phi) is 2.05. The van der Waals surface area contributed by atoms with E-state index in [4.69, 9.17) is 9.31 Å². The van der Waals surface area contributed by atoms with E-state index in [0.29, 0.717) is 0 Å². The molecule has 2 fully saturated rings. The lowest BCUT2D eigenvalue weighted by Gasteiger charge is -2.32. The molecule has 0 aromatic carbocycles. The third-order valence-electron chi connectivity index (χ3n) is 3.99. The van der Waals surface area contributed by atoms with Gasteiger partial charge >= 0.3 is 7.12 Å². The summed E-state index contributed by atoms with van der Waals surface area (Å²) < 4.78 is 12.0. The normalized spacial score (nSPS) is 31.9. The van der Waals surface area contributed by atoms with Crippen molar-refractivity contribution < 1.29 is 9.31 Å². The Bertz CT molecular complexity index is 233. The van der Waals surface area contributed by atoms with Crippen molar-refractivity contribution in [3.8, 4) is 0 Å². The Morgan fingerprint density at radius 3 is 1.71 bits per heavy atom. The van der Waals surface area contributed by atoms with Crippen LogP contribution in [0.25, 0.3) is 0 Å². The van der Waals surface area contributed by atoms with Gasteiger partial charge in [0.05, 0.1) is 16.6 Å². The molecule has 1 heterocycles. The van der Waals surface area contributed by atoms with Crippen LogP contribution in [0.4, 0.5) is 0 Å². The van der Waals surface area contributed by atoms with Crippen LogP contribution in [-0.4, -0.2) is 30.8 Å². The van der Waals surface area contributed by atoms with E-state index < -0.39 is 0 Å². The molecule has 0 bridgehead atoms. The topological polar surface area (TPSA) is 30.5 Å². The smallest absolute Gasteiger partial charge is 0.402 e. The van der Waals surface area contributed by atoms with Crippen LogP contribution in [0.3, 0.4) is 0 Å². The molecule has 2 aliphatic rings. The van der Waals surface area contributed by atoms with Crippen molar-refractivity contribution in [2.75, 3.05) is 7.05 Å². The van der Waals surface area contributed by atoms with Gasteiger partial charge in [0.1, 0.15) is 0 Å². The molecule has 0 amide bonds. The van der Waals surface area contributed by atoms with Crippen LogP contribution in [-0.2, 0) is 9.31 Å². The molecule has 0 unspecified atom stereocenters. The Labute approximate surface area is 86.7 Å². The van der Waals surface area contributed by atoms with Gasteiger partial charge in [0.15, 0.2) is 0 Å². The van der Waals surface area contributed by atoms with Gasteiger partial charge in [-0.2, -0.15) is 0 Å². The molecular weight excluding hydrogens is 177 g/mol. The van der Waals surface area contributed by atoms with E-state index in [9.17, 15) is 0 Å². The molecule has 2 rings (SSSR count). The van der Waals surface area contributed by atoms with Gasteiger partial charge in [-0.25, -0.2) is 0 Å². The Morgan fingerprint density at radius 1 is 1.00 bits per heavy atom. The van der Waals surface area contributed by atoms with Gasteiger partial charge in [-0.3, -0.25) is 0 Å². The van der Waals surface area contributed by atoms with E-state index in [2.05, 4.69) is 33.0 Å². The number of hydrogen-bond acceptors (Lipinski definition) is 3. The quantitative estimate of drug-likeness (QED) is 0.678. The Hall–Kier alpha value is -0.0551. The highest BCUT2D eigenvalue weighted by Gasteiger charge is 2.63. The molecule has 0 radical (unpaired) electrons. The minimum absolute atomic E-state index is 0.0856. The molecule has 0 aromatic heterocycles. The van der Waals surface area contributed by atoms with Crippen molar-refractivity contribution >= 4 is 7.12 Å². The third-order valence-corrected chi connectivity index (χ3v) is 3.99. The highest BCUT2D eigenvalue weighted by Crippen LogP contribution is 2.47. The van der Waals surface area contributed by atoms with E-state index in [1.165, 1.54) is 0 Å². The molecule has 1 saturated heterocycles. The second-order valence-corrected chi connectivity index (χ2v) is 5.49. The number of hydrogen-bond donors (Lipinski definition) is 1. The summed E-state index contributed by atoms with van der Waals surface area (Å²) in [7, 11) is 1.90. The van der Waals surface area contributed by atoms with Crippen molar-refractivity contribution in [2.24, 2.45) is 0 Å². The van der Waals surface area contributed by atoms with Crippen molar-refractivity contribution in [2.45, 2.75) is 57.2 Å². The zero-order chi connectivity index (χ0) is 10.6. The van der Waals surface area contributed by atoms with Crippen LogP contribution in [0.2, 0.25) is 0 Å². The monoisotopic (exact) mass is 197 g/mol. The molecule has 1 aliphatic heterocycles. The summed E-state index contributed by atoms with van der Waals surface area (Å²) in [5.74, 6) is 0. The standard InChI is InChI=1S/C10H20BNO2/c1-8(2)9(3,4)14-11(13-8)10(12-5)6-7-10/h12H,6-7H2,1-5H3. The van der Waals surface area contributed by atoms with Crippen LogP contribution in [0.5, 0.6) is 0 Å². The summed E-state index contributed by atoms with van der Waals surface area (Å²) in [6, 6.07) is 0. The van der Waals surface area contributed by atoms with Crippen molar-refractivity contribution in [3.63, 3.8) is 0 Å². The molecule has 1 saturated carbocycles. The molecule has 1 N–H and O–H groups in total. The molecular formula is C10H20BNO2. The lowest BCUT2D eigenvalue weighted by molar-refractivity contribution is 0.00578. The molecule has 1 aliphatic carbocycles. The minimum Gasteiger partial charge on any atom is -0.402 e. The van der Waals surface area contributed by atoms with Crippen LogP contribution >= 0.6 is 0 Å². The largest absolute Gasteiger partial charge is 0.479 e. The highest BCUT2D eigenvalue weighted by molar-refractivity contribution is 6.51. The summed E-state index contributed by atoms with van der Waals surface area (Å²) in [5, 5.41) is 3.32. The molecule has 14 heavy (non-hydrogen) atoms. The predicted molar refractivity (Wildman–Crippen MR) is 57.1 cm³/mol. The first kappa shape index (κ1) is 10.5. The second kappa shape index (κ2) is 2.74. The van der Waals surface area contributed by atoms with Crippen LogP contribution < -0.4 is 5.32 Å². The van der Waals surface area contributed by atoms with Gasteiger partial charge in [-0.05, 0) is 47.6 Å². The predicted octanol–water partition coefficient (Wildman–Crippen LogP) is 1.37. The fraction of sp³-hybridized carbons (Fsp3) is 1.00. The van der Waals surface area contributed by atoms with E-state index in [0.717, 1.165) is 12.8 Å². The summed E-state index contributed by atoms with van der Waals surface area (Å²) in [4.78, 5) is 0. The first-order chi connectivity index (χ1) is 6.33. The summed E-state index contributed by atoms with van der Waals surface area (Å²) >= 11 is 0. The zero-order valence-corrected chi connectivity index (χ0v) is 9.81. The van der Waals surface area contributed by atoms with Gasteiger partial charge in [-0.1, -0.05) is 0 Å². The molecule has 4 heteroatoms. The minimum atomic E-state index is -0.204. The fourth-order valence-electron chi connectivity index (χ4n) is 1.81. The van der Waals surface area contributed by atoms with Gasteiger partial charge in [-0.15, -0.1) is 0 Å². The maximum Gasteiger partial charge on any atom is 0.479 e. The maximum absolute atomic E-state index is 6.00. The fourth-order valence-corrected chi connectivity index (χ4v) is 1.81. The van der Waals surface area contributed by atoms with Crippen molar-refractivity contribution in [1.29, 1.82) is 0 Å². The molecule has 0 aromatic rings. The summed E-state index contributed by atoms with van der Waals surface area (Å²) in [6.07, 6.45) is 2.31. The average molecular weight is 197 g/mol. The molecule has 0 atom stereocenters. The second-order valence-electron chi connectivity index (χ2n) is 5.49. The van der Waals surface area contributed by atoms with E-state index >= 15 is 0 Å². The molecule has 0 spiro atoms. The highest BCUT2D eigenvalue weighted by atomic mass is 16.7. The summed E-state index contributed by atoms with van der Waals surface area (Å²) in [5.41, 5.74) is -0.320. The van der Waals surface area contributed by atoms with Gasteiger partial charge in [0, 0.05) is 0 Å². The SMILES string of the molecule is CNC1(B2OC(C)(C)C(C)(C)O2)CC1. The molecule has 3 nitrogen and oxygen atoms in total. The van der Waals surface area contributed by atoms with Crippen LogP contribution in [0, 0.1) is 0 Å².